The number of aromatic amines is 1. The van der Waals surface area contributed by atoms with Crippen molar-refractivity contribution in [3.8, 4) is 0 Å². The molecule has 0 saturated heterocycles. The van der Waals surface area contributed by atoms with E-state index in [1.807, 2.05) is 6.07 Å². The summed E-state index contributed by atoms with van der Waals surface area (Å²) in [6.07, 6.45) is 7.39. The van der Waals surface area contributed by atoms with E-state index in [-0.39, 0.29) is 12.6 Å². The number of hydrogen-bond donors (Lipinski definition) is 4. The minimum atomic E-state index is -0.484. The predicted molar refractivity (Wildman–Crippen MR) is 81.1 cm³/mol. The summed E-state index contributed by atoms with van der Waals surface area (Å²) in [5, 5.41) is 13.7. The highest BCUT2D eigenvalue weighted by Crippen LogP contribution is 2.31. The maximum Gasteiger partial charge on any atom is 0.252 e. The van der Waals surface area contributed by atoms with Gasteiger partial charge in [0.15, 0.2) is 0 Å². The van der Waals surface area contributed by atoms with Crippen LogP contribution < -0.4 is 11.1 Å². The number of primary amides is 1. The fourth-order valence-corrected chi connectivity index (χ4v) is 3.14. The summed E-state index contributed by atoms with van der Waals surface area (Å²) >= 11 is 0. The Morgan fingerprint density at radius 3 is 3.14 bits per heavy atom. The van der Waals surface area contributed by atoms with Gasteiger partial charge in [0.05, 0.1) is 11.3 Å². The standard InChI is InChI=1S/C15H20N4O2/c16-14(21)12-7-18-15-11(4-5-17-15)13(12)19-10-3-1-2-9(6-10)8-20/h4-5,7,9-10,20H,1-3,6,8H2,(H2,16,21)(H2,17,18,19)/t9-,10-/m1/s1. The first-order chi connectivity index (χ1) is 10.2. The zero-order chi connectivity index (χ0) is 14.8. The topological polar surface area (TPSA) is 104 Å². The fraction of sp³-hybridized carbons (Fsp3) is 0.467. The Bertz CT molecular complexity index is 652. The number of aromatic nitrogens is 2. The van der Waals surface area contributed by atoms with Gasteiger partial charge in [-0.15, -0.1) is 0 Å². The van der Waals surface area contributed by atoms with Crippen LogP contribution in [-0.2, 0) is 0 Å². The van der Waals surface area contributed by atoms with Crippen LogP contribution in [0.3, 0.4) is 0 Å². The lowest BCUT2D eigenvalue weighted by atomic mass is 9.86. The monoisotopic (exact) mass is 288 g/mol. The molecule has 2 aromatic rings. The molecule has 2 heterocycles. The summed E-state index contributed by atoms with van der Waals surface area (Å²) < 4.78 is 0. The first-order valence-corrected chi connectivity index (χ1v) is 7.32. The number of rotatable bonds is 4. The maximum absolute atomic E-state index is 11.6. The van der Waals surface area contributed by atoms with Crippen LogP contribution in [0.15, 0.2) is 18.5 Å². The van der Waals surface area contributed by atoms with E-state index < -0.39 is 5.91 Å². The molecule has 2 aromatic heterocycles. The van der Waals surface area contributed by atoms with Crippen LogP contribution in [-0.4, -0.2) is 33.6 Å². The lowest BCUT2D eigenvalue weighted by Gasteiger charge is -2.30. The van der Waals surface area contributed by atoms with Gasteiger partial charge in [0.25, 0.3) is 5.91 Å². The molecule has 1 amide bonds. The molecule has 112 valence electrons. The van der Waals surface area contributed by atoms with Gasteiger partial charge in [0.2, 0.25) is 0 Å². The van der Waals surface area contributed by atoms with Crippen LogP contribution in [0.2, 0.25) is 0 Å². The molecule has 1 aliphatic rings. The molecule has 3 rings (SSSR count). The van der Waals surface area contributed by atoms with E-state index in [9.17, 15) is 9.90 Å². The average Bonchev–Trinajstić information content (AvgIpc) is 2.96. The quantitative estimate of drug-likeness (QED) is 0.686. The SMILES string of the molecule is NC(=O)c1cnc2[nH]ccc2c1N[C@@H]1CCC[C@@H](CO)C1. The van der Waals surface area contributed by atoms with E-state index in [4.69, 9.17) is 5.73 Å². The van der Waals surface area contributed by atoms with E-state index in [0.717, 1.165) is 42.4 Å². The van der Waals surface area contributed by atoms with Crippen molar-refractivity contribution in [3.63, 3.8) is 0 Å². The van der Waals surface area contributed by atoms with Crippen molar-refractivity contribution in [2.75, 3.05) is 11.9 Å². The van der Waals surface area contributed by atoms with Crippen molar-refractivity contribution >= 4 is 22.6 Å². The van der Waals surface area contributed by atoms with Crippen molar-refractivity contribution in [2.24, 2.45) is 11.7 Å². The number of amides is 1. The maximum atomic E-state index is 11.6. The number of aliphatic hydroxyl groups excluding tert-OH is 1. The van der Waals surface area contributed by atoms with Crippen molar-refractivity contribution in [2.45, 2.75) is 31.7 Å². The van der Waals surface area contributed by atoms with Crippen LogP contribution in [0.5, 0.6) is 0 Å². The van der Waals surface area contributed by atoms with Crippen molar-refractivity contribution in [3.05, 3.63) is 24.0 Å². The van der Waals surface area contributed by atoms with Gasteiger partial charge in [0, 0.05) is 30.4 Å². The van der Waals surface area contributed by atoms with Gasteiger partial charge in [-0.3, -0.25) is 4.79 Å². The van der Waals surface area contributed by atoms with Gasteiger partial charge >= 0.3 is 0 Å². The zero-order valence-corrected chi connectivity index (χ0v) is 11.8. The normalized spacial score (nSPS) is 22.3. The summed E-state index contributed by atoms with van der Waals surface area (Å²) in [5.41, 5.74) is 7.36. The molecular formula is C15H20N4O2. The highest BCUT2D eigenvalue weighted by molar-refractivity contribution is 6.05. The summed E-state index contributed by atoms with van der Waals surface area (Å²) in [6, 6.07) is 2.14. The van der Waals surface area contributed by atoms with Gasteiger partial charge < -0.3 is 21.1 Å². The zero-order valence-electron chi connectivity index (χ0n) is 11.8. The molecule has 0 aromatic carbocycles. The number of nitrogens with zero attached hydrogens (tertiary/aromatic N) is 1. The van der Waals surface area contributed by atoms with Gasteiger partial charge in [-0.25, -0.2) is 4.98 Å². The fourth-order valence-electron chi connectivity index (χ4n) is 3.14. The number of nitrogens with two attached hydrogens (primary N) is 1. The number of pyridine rings is 1. The Kier molecular flexibility index (Phi) is 3.79. The summed E-state index contributed by atoms with van der Waals surface area (Å²) in [5.74, 6) is -0.153. The highest BCUT2D eigenvalue weighted by atomic mass is 16.3. The number of anilines is 1. The Morgan fingerprint density at radius 1 is 1.52 bits per heavy atom. The number of aliphatic hydroxyl groups is 1. The lowest BCUT2D eigenvalue weighted by Crippen LogP contribution is -2.30. The Hall–Kier alpha value is -2.08. The molecular weight excluding hydrogens is 268 g/mol. The van der Waals surface area contributed by atoms with Crippen LogP contribution in [0.4, 0.5) is 5.69 Å². The van der Waals surface area contributed by atoms with Crippen LogP contribution in [0, 0.1) is 5.92 Å². The Labute approximate surface area is 122 Å². The second-order valence-electron chi connectivity index (χ2n) is 5.71. The van der Waals surface area contributed by atoms with Gasteiger partial charge in [-0.2, -0.15) is 0 Å². The molecule has 1 aliphatic carbocycles. The molecule has 21 heavy (non-hydrogen) atoms. The first kappa shape index (κ1) is 13.9. The molecule has 0 spiro atoms. The van der Waals surface area contributed by atoms with Gasteiger partial charge in [-0.05, 0) is 31.2 Å². The second-order valence-corrected chi connectivity index (χ2v) is 5.71. The van der Waals surface area contributed by atoms with E-state index in [1.165, 1.54) is 6.20 Å². The summed E-state index contributed by atoms with van der Waals surface area (Å²) in [6.45, 7) is 0.219. The third kappa shape index (κ3) is 2.71. The molecule has 0 radical (unpaired) electrons. The smallest absolute Gasteiger partial charge is 0.252 e. The van der Waals surface area contributed by atoms with E-state index >= 15 is 0 Å². The molecule has 0 bridgehead atoms. The minimum absolute atomic E-state index is 0.219. The summed E-state index contributed by atoms with van der Waals surface area (Å²) in [7, 11) is 0. The van der Waals surface area contributed by atoms with Crippen molar-refractivity contribution in [1.82, 2.24) is 9.97 Å². The molecule has 0 unspecified atom stereocenters. The van der Waals surface area contributed by atoms with E-state index in [0.29, 0.717) is 11.5 Å². The van der Waals surface area contributed by atoms with Crippen molar-refractivity contribution < 1.29 is 9.90 Å². The number of hydrogen-bond acceptors (Lipinski definition) is 4. The highest BCUT2D eigenvalue weighted by Gasteiger charge is 2.23. The molecule has 1 fully saturated rings. The van der Waals surface area contributed by atoms with E-state index in [2.05, 4.69) is 15.3 Å². The molecule has 5 N–H and O–H groups in total. The van der Waals surface area contributed by atoms with Crippen LogP contribution >= 0.6 is 0 Å². The molecule has 1 saturated carbocycles. The summed E-state index contributed by atoms with van der Waals surface area (Å²) in [4.78, 5) is 18.9. The number of carbonyl (C=O) groups is 1. The third-order valence-corrected chi connectivity index (χ3v) is 4.24. The Morgan fingerprint density at radius 2 is 2.38 bits per heavy atom. The number of H-pyrrole nitrogens is 1. The average molecular weight is 288 g/mol. The Balaban J connectivity index is 1.93. The van der Waals surface area contributed by atoms with Crippen molar-refractivity contribution in [1.29, 1.82) is 0 Å². The van der Waals surface area contributed by atoms with E-state index in [1.54, 1.807) is 6.20 Å². The van der Waals surface area contributed by atoms with Crippen LogP contribution in [0.25, 0.3) is 11.0 Å². The van der Waals surface area contributed by atoms with Crippen LogP contribution in [0.1, 0.15) is 36.0 Å². The molecule has 6 nitrogen and oxygen atoms in total. The largest absolute Gasteiger partial charge is 0.396 e. The minimum Gasteiger partial charge on any atom is -0.396 e. The van der Waals surface area contributed by atoms with Gasteiger partial charge in [-0.1, -0.05) is 6.42 Å². The molecule has 2 atom stereocenters. The first-order valence-electron chi connectivity index (χ1n) is 7.32. The molecule has 0 aliphatic heterocycles. The number of carbonyl (C=O) groups excluding carboxylic acids is 1. The third-order valence-electron chi connectivity index (χ3n) is 4.24. The second kappa shape index (κ2) is 5.73. The van der Waals surface area contributed by atoms with Gasteiger partial charge in [0.1, 0.15) is 5.65 Å². The number of nitrogens with one attached hydrogen (secondary N) is 2. The number of fused-ring (bicyclic) bond motifs is 1. The molecule has 6 heteroatoms. The predicted octanol–water partition coefficient (Wildman–Crippen LogP) is 1.62. The lowest BCUT2D eigenvalue weighted by molar-refractivity contribution is 0.100.